The van der Waals surface area contributed by atoms with Crippen LogP contribution in [0.4, 0.5) is 4.39 Å². The van der Waals surface area contributed by atoms with Crippen LogP contribution in [0.1, 0.15) is 19.5 Å². The van der Waals surface area contributed by atoms with Gasteiger partial charge in [-0.1, -0.05) is 25.4 Å². The lowest BCUT2D eigenvalue weighted by Gasteiger charge is -2.11. The van der Waals surface area contributed by atoms with Crippen LogP contribution < -0.4 is 4.74 Å². The summed E-state index contributed by atoms with van der Waals surface area (Å²) in [6.07, 6.45) is 0.798. The number of halogens is 3. The van der Waals surface area contributed by atoms with Gasteiger partial charge in [0.2, 0.25) is 0 Å². The van der Waals surface area contributed by atoms with Gasteiger partial charge in [0.15, 0.2) is 17.4 Å². The van der Waals surface area contributed by atoms with E-state index in [0.29, 0.717) is 22.5 Å². The number of nitrogens with zero attached hydrogens (tertiary/aromatic N) is 2. The van der Waals surface area contributed by atoms with Crippen molar-refractivity contribution in [3.05, 3.63) is 38.4 Å². The summed E-state index contributed by atoms with van der Waals surface area (Å²) in [5.41, 5.74) is 1.47. The zero-order chi connectivity index (χ0) is 15.6. The van der Waals surface area contributed by atoms with Crippen molar-refractivity contribution in [1.29, 1.82) is 0 Å². The molecule has 0 saturated heterocycles. The van der Waals surface area contributed by atoms with Crippen molar-refractivity contribution in [1.82, 2.24) is 9.97 Å². The Hall–Kier alpha value is -0.950. The van der Waals surface area contributed by atoms with Gasteiger partial charge in [-0.05, 0) is 53.1 Å². The van der Waals surface area contributed by atoms with E-state index in [2.05, 4.69) is 46.4 Å². The first-order chi connectivity index (χ1) is 9.92. The van der Waals surface area contributed by atoms with Crippen LogP contribution in [0.2, 0.25) is 5.15 Å². The average molecular weight is 421 g/mol. The highest BCUT2D eigenvalue weighted by atomic mass is 127. The molecule has 0 aliphatic rings. The first-order valence-electron chi connectivity index (χ1n) is 6.48. The lowest BCUT2D eigenvalue weighted by atomic mass is 10.1. The second kappa shape index (κ2) is 6.87. The predicted octanol–water partition coefficient (Wildman–Crippen LogP) is 4.75. The molecule has 0 unspecified atom stereocenters. The van der Waals surface area contributed by atoms with Gasteiger partial charge in [0.1, 0.15) is 5.15 Å². The van der Waals surface area contributed by atoms with E-state index in [9.17, 15) is 4.39 Å². The third kappa shape index (κ3) is 3.83. The molecular formula is C15H15ClFIN2O. The van der Waals surface area contributed by atoms with E-state index < -0.39 is 5.82 Å². The Kier molecular flexibility index (Phi) is 5.37. The SMILES string of the molecule is COc1ccc(-c2nc(Cl)c(I)c(CC(C)C)n2)cc1F. The Bertz CT molecular complexity index is 664. The van der Waals surface area contributed by atoms with Gasteiger partial charge in [0.25, 0.3) is 0 Å². The highest BCUT2D eigenvalue weighted by Crippen LogP contribution is 2.27. The van der Waals surface area contributed by atoms with Crippen molar-refractivity contribution in [2.45, 2.75) is 20.3 Å². The molecule has 21 heavy (non-hydrogen) atoms. The predicted molar refractivity (Wildman–Crippen MR) is 90.2 cm³/mol. The summed E-state index contributed by atoms with van der Waals surface area (Å²) in [6, 6.07) is 4.64. The Labute approximate surface area is 142 Å². The molecule has 3 nitrogen and oxygen atoms in total. The highest BCUT2D eigenvalue weighted by molar-refractivity contribution is 14.1. The Balaban J connectivity index is 2.49. The molecule has 0 atom stereocenters. The molecule has 0 radical (unpaired) electrons. The molecule has 1 aromatic heterocycles. The van der Waals surface area contributed by atoms with Crippen LogP contribution in [-0.2, 0) is 6.42 Å². The van der Waals surface area contributed by atoms with E-state index in [1.54, 1.807) is 12.1 Å². The number of hydrogen-bond donors (Lipinski definition) is 0. The number of benzene rings is 1. The molecule has 1 aromatic carbocycles. The monoisotopic (exact) mass is 420 g/mol. The molecule has 2 rings (SSSR count). The first kappa shape index (κ1) is 16.4. The molecular weight excluding hydrogens is 406 g/mol. The second-order valence-corrected chi connectivity index (χ2v) is 6.48. The number of rotatable bonds is 4. The summed E-state index contributed by atoms with van der Waals surface area (Å²) >= 11 is 8.31. The quantitative estimate of drug-likeness (QED) is 0.529. The van der Waals surface area contributed by atoms with Crippen LogP contribution in [0.15, 0.2) is 18.2 Å². The molecule has 6 heteroatoms. The van der Waals surface area contributed by atoms with Gasteiger partial charge >= 0.3 is 0 Å². The number of ether oxygens (including phenoxy) is 1. The fourth-order valence-electron chi connectivity index (χ4n) is 1.92. The molecule has 0 fully saturated rings. The summed E-state index contributed by atoms with van der Waals surface area (Å²) in [6.45, 7) is 4.22. The maximum atomic E-state index is 13.8. The van der Waals surface area contributed by atoms with Crippen LogP contribution in [0.5, 0.6) is 5.75 Å². The summed E-state index contributed by atoms with van der Waals surface area (Å²) in [7, 11) is 1.43. The molecule has 0 N–H and O–H groups in total. The lowest BCUT2D eigenvalue weighted by Crippen LogP contribution is -2.04. The van der Waals surface area contributed by atoms with E-state index in [1.807, 2.05) is 0 Å². The molecule has 0 bridgehead atoms. The van der Waals surface area contributed by atoms with Crippen LogP contribution in [0.3, 0.4) is 0 Å². The van der Waals surface area contributed by atoms with Crippen LogP contribution in [0, 0.1) is 15.3 Å². The number of methoxy groups -OCH3 is 1. The minimum absolute atomic E-state index is 0.192. The summed E-state index contributed by atoms with van der Waals surface area (Å²) < 4.78 is 19.6. The minimum atomic E-state index is -0.446. The van der Waals surface area contributed by atoms with Gasteiger partial charge in [-0.15, -0.1) is 0 Å². The fourth-order valence-corrected chi connectivity index (χ4v) is 2.57. The average Bonchev–Trinajstić information content (AvgIpc) is 2.43. The van der Waals surface area contributed by atoms with E-state index in [0.717, 1.165) is 15.7 Å². The van der Waals surface area contributed by atoms with Gasteiger partial charge in [0.05, 0.1) is 16.4 Å². The zero-order valence-electron chi connectivity index (χ0n) is 12.0. The first-order valence-corrected chi connectivity index (χ1v) is 7.93. The van der Waals surface area contributed by atoms with Crippen molar-refractivity contribution >= 4 is 34.2 Å². The minimum Gasteiger partial charge on any atom is -0.494 e. The second-order valence-electron chi connectivity index (χ2n) is 5.05. The van der Waals surface area contributed by atoms with Gasteiger partial charge in [-0.3, -0.25) is 0 Å². The van der Waals surface area contributed by atoms with Gasteiger partial charge in [-0.2, -0.15) is 0 Å². The Morgan fingerprint density at radius 1 is 1.33 bits per heavy atom. The third-order valence-electron chi connectivity index (χ3n) is 2.89. The van der Waals surface area contributed by atoms with E-state index in [1.165, 1.54) is 13.2 Å². The van der Waals surface area contributed by atoms with E-state index >= 15 is 0 Å². The number of hydrogen-bond acceptors (Lipinski definition) is 3. The van der Waals surface area contributed by atoms with E-state index in [-0.39, 0.29) is 5.75 Å². The normalized spacial score (nSPS) is 11.0. The Morgan fingerprint density at radius 3 is 2.62 bits per heavy atom. The van der Waals surface area contributed by atoms with E-state index in [4.69, 9.17) is 16.3 Å². The Morgan fingerprint density at radius 2 is 2.05 bits per heavy atom. The summed E-state index contributed by atoms with van der Waals surface area (Å²) in [4.78, 5) is 8.78. The molecule has 0 spiro atoms. The largest absolute Gasteiger partial charge is 0.494 e. The van der Waals surface area contributed by atoms with Crippen molar-refractivity contribution < 1.29 is 9.13 Å². The van der Waals surface area contributed by atoms with Gasteiger partial charge in [0, 0.05) is 5.56 Å². The maximum absolute atomic E-state index is 13.8. The van der Waals surface area contributed by atoms with Crippen molar-refractivity contribution in [3.8, 4) is 17.1 Å². The molecule has 112 valence electrons. The van der Waals surface area contributed by atoms with Crippen molar-refractivity contribution in [2.75, 3.05) is 7.11 Å². The highest BCUT2D eigenvalue weighted by Gasteiger charge is 2.14. The molecule has 0 aliphatic carbocycles. The van der Waals surface area contributed by atoms with Gasteiger partial charge in [-0.25, -0.2) is 14.4 Å². The number of aromatic nitrogens is 2. The smallest absolute Gasteiger partial charge is 0.165 e. The van der Waals surface area contributed by atoms with Crippen molar-refractivity contribution in [3.63, 3.8) is 0 Å². The summed E-state index contributed by atoms with van der Waals surface area (Å²) in [5, 5.41) is 0.396. The molecule has 0 saturated carbocycles. The van der Waals surface area contributed by atoms with Gasteiger partial charge < -0.3 is 4.74 Å². The van der Waals surface area contributed by atoms with Crippen molar-refractivity contribution in [2.24, 2.45) is 5.92 Å². The lowest BCUT2D eigenvalue weighted by molar-refractivity contribution is 0.386. The molecule has 0 aliphatic heterocycles. The molecule has 2 aromatic rings. The van der Waals surface area contributed by atoms with Crippen LogP contribution >= 0.6 is 34.2 Å². The topological polar surface area (TPSA) is 35.0 Å². The third-order valence-corrected chi connectivity index (χ3v) is 4.62. The van der Waals surface area contributed by atoms with Crippen LogP contribution in [0.25, 0.3) is 11.4 Å². The zero-order valence-corrected chi connectivity index (χ0v) is 14.9. The summed E-state index contributed by atoms with van der Waals surface area (Å²) in [5.74, 6) is 0.624. The van der Waals surface area contributed by atoms with Crippen LogP contribution in [-0.4, -0.2) is 17.1 Å². The standard InChI is InChI=1S/C15H15ClFIN2O/c1-8(2)6-11-13(18)14(16)20-15(19-11)9-4-5-12(21-3)10(17)7-9/h4-5,7-8H,6H2,1-3H3. The molecule has 1 heterocycles. The fraction of sp³-hybridized carbons (Fsp3) is 0.333. The maximum Gasteiger partial charge on any atom is 0.165 e. The molecule has 0 amide bonds.